The second-order valence-electron chi connectivity index (χ2n) is 11.5. The number of hydrogen-bond acceptors (Lipinski definition) is 8. The van der Waals surface area contributed by atoms with Crippen molar-refractivity contribution in [1.29, 1.82) is 0 Å². The quantitative estimate of drug-likeness (QED) is 0.0760. The number of imide groups is 1. The van der Waals surface area contributed by atoms with Gasteiger partial charge in [0.1, 0.15) is 17.7 Å². The number of nitrogens with one attached hydrogen (secondary N) is 1. The van der Waals surface area contributed by atoms with Crippen LogP contribution in [0.25, 0.3) is 0 Å². The molecule has 2 unspecified atom stereocenters. The van der Waals surface area contributed by atoms with Crippen molar-refractivity contribution in [2.45, 2.75) is 43.2 Å². The first-order chi connectivity index (χ1) is 23.8. The molecular formula is C39H40N2O8. The van der Waals surface area contributed by atoms with E-state index < -0.39 is 47.7 Å². The molecule has 4 aromatic carbocycles. The van der Waals surface area contributed by atoms with E-state index in [-0.39, 0.29) is 37.0 Å². The van der Waals surface area contributed by atoms with Crippen molar-refractivity contribution in [1.82, 2.24) is 10.2 Å². The Hall–Kier alpha value is -5.16. The highest BCUT2D eigenvalue weighted by Gasteiger charge is 2.44. The Bertz CT molecular complexity index is 1600. The van der Waals surface area contributed by atoms with Crippen LogP contribution in [0.4, 0.5) is 0 Å². The lowest BCUT2D eigenvalue weighted by Crippen LogP contribution is -2.54. The maximum absolute atomic E-state index is 14.2. The number of amides is 3. The van der Waals surface area contributed by atoms with E-state index >= 15 is 0 Å². The molecule has 3 amide bonds. The zero-order chi connectivity index (χ0) is 34.8. The average Bonchev–Trinajstić information content (AvgIpc) is 3.41. The van der Waals surface area contributed by atoms with E-state index in [2.05, 4.69) is 5.32 Å². The molecule has 2 atom stereocenters. The first-order valence-electron chi connectivity index (χ1n) is 16.1. The van der Waals surface area contributed by atoms with Gasteiger partial charge in [-0.1, -0.05) is 103 Å². The van der Waals surface area contributed by atoms with Crippen LogP contribution >= 0.6 is 0 Å². The minimum Gasteiger partial charge on any atom is -0.467 e. The summed E-state index contributed by atoms with van der Waals surface area (Å²) < 4.78 is 22.4. The number of ether oxygens (including phenoxy) is 4. The zero-order valence-electron chi connectivity index (χ0n) is 27.7. The number of methoxy groups -OCH3 is 3. The van der Waals surface area contributed by atoms with Crippen LogP contribution in [-0.2, 0) is 34.1 Å². The molecule has 1 N–H and O–H groups in total. The van der Waals surface area contributed by atoms with Gasteiger partial charge >= 0.3 is 5.97 Å². The topological polar surface area (TPSA) is 120 Å². The molecule has 0 fully saturated rings. The van der Waals surface area contributed by atoms with Crippen molar-refractivity contribution in [3.05, 3.63) is 143 Å². The molecule has 0 saturated carbocycles. The van der Waals surface area contributed by atoms with Gasteiger partial charge in [-0.2, -0.15) is 0 Å². The highest BCUT2D eigenvalue weighted by Crippen LogP contribution is 2.40. The van der Waals surface area contributed by atoms with Crippen LogP contribution in [-0.4, -0.2) is 74.9 Å². The fourth-order valence-electron chi connectivity index (χ4n) is 6.25. The lowest BCUT2D eigenvalue weighted by atomic mass is 9.80. The maximum atomic E-state index is 14.2. The van der Waals surface area contributed by atoms with Gasteiger partial charge < -0.3 is 24.3 Å². The molecule has 254 valence electrons. The van der Waals surface area contributed by atoms with Gasteiger partial charge in [-0.25, -0.2) is 4.79 Å². The van der Waals surface area contributed by atoms with E-state index in [1.54, 1.807) is 24.3 Å². The highest BCUT2D eigenvalue weighted by atomic mass is 16.7. The van der Waals surface area contributed by atoms with Gasteiger partial charge in [0.15, 0.2) is 6.29 Å². The van der Waals surface area contributed by atoms with Gasteiger partial charge in [-0.05, 0) is 35.2 Å². The molecule has 0 saturated heterocycles. The van der Waals surface area contributed by atoms with Gasteiger partial charge in [-0.15, -0.1) is 0 Å². The van der Waals surface area contributed by atoms with Crippen LogP contribution in [0.15, 0.2) is 115 Å². The normalized spacial score (nSPS) is 14.0. The zero-order valence-corrected chi connectivity index (χ0v) is 27.7. The van der Waals surface area contributed by atoms with Gasteiger partial charge in [0, 0.05) is 27.1 Å². The first kappa shape index (κ1) is 35.2. The van der Waals surface area contributed by atoms with E-state index in [0.29, 0.717) is 0 Å². The van der Waals surface area contributed by atoms with Crippen molar-refractivity contribution < 1.29 is 38.1 Å². The number of hydrogen-bond donors (Lipinski definition) is 1. The summed E-state index contributed by atoms with van der Waals surface area (Å²) in [4.78, 5) is 55.4. The molecule has 0 bridgehead atoms. The highest BCUT2D eigenvalue weighted by molar-refractivity contribution is 6.22. The molecular weight excluding hydrogens is 624 g/mol. The Kier molecular flexibility index (Phi) is 11.7. The molecule has 5 rings (SSSR count). The second-order valence-corrected chi connectivity index (χ2v) is 11.5. The van der Waals surface area contributed by atoms with Crippen molar-refractivity contribution in [2.75, 3.05) is 27.9 Å². The number of carbonyl (C=O) groups is 4. The second kappa shape index (κ2) is 16.3. The maximum Gasteiger partial charge on any atom is 0.328 e. The first-order valence-corrected chi connectivity index (χ1v) is 16.1. The van der Waals surface area contributed by atoms with E-state index in [1.165, 1.54) is 21.3 Å². The lowest BCUT2D eigenvalue weighted by molar-refractivity contribution is -0.147. The van der Waals surface area contributed by atoms with Gasteiger partial charge in [-0.3, -0.25) is 19.3 Å². The van der Waals surface area contributed by atoms with Crippen molar-refractivity contribution in [3.63, 3.8) is 0 Å². The number of carbonyl (C=O) groups excluding carboxylic acids is 4. The van der Waals surface area contributed by atoms with Crippen LogP contribution in [0.1, 0.15) is 56.7 Å². The number of nitrogens with zero attached hydrogens (tertiary/aromatic N) is 1. The molecule has 0 aromatic heterocycles. The monoisotopic (exact) mass is 664 g/mol. The largest absolute Gasteiger partial charge is 0.467 e. The van der Waals surface area contributed by atoms with E-state index in [4.69, 9.17) is 18.9 Å². The van der Waals surface area contributed by atoms with Crippen LogP contribution in [0.2, 0.25) is 0 Å². The van der Waals surface area contributed by atoms with Gasteiger partial charge in [0.2, 0.25) is 5.91 Å². The van der Waals surface area contributed by atoms with Gasteiger partial charge in [0.25, 0.3) is 11.8 Å². The summed E-state index contributed by atoms with van der Waals surface area (Å²) in [5, 5.41) is 2.73. The number of esters is 1. The number of rotatable bonds is 16. The van der Waals surface area contributed by atoms with E-state index in [9.17, 15) is 19.2 Å². The van der Waals surface area contributed by atoms with Crippen molar-refractivity contribution in [2.24, 2.45) is 0 Å². The molecule has 10 heteroatoms. The Morgan fingerprint density at radius 2 is 1.10 bits per heavy atom. The molecule has 0 radical (unpaired) electrons. The Labute approximate surface area is 285 Å². The Morgan fingerprint density at radius 3 is 1.53 bits per heavy atom. The third-order valence-electron chi connectivity index (χ3n) is 8.71. The fourth-order valence-corrected chi connectivity index (χ4v) is 6.25. The molecule has 1 aliphatic heterocycles. The van der Waals surface area contributed by atoms with E-state index in [0.717, 1.165) is 21.6 Å². The van der Waals surface area contributed by atoms with Gasteiger partial charge in [0.05, 0.1) is 24.8 Å². The molecule has 1 heterocycles. The number of fused-ring (bicyclic) bond motifs is 1. The van der Waals surface area contributed by atoms with E-state index in [1.807, 2.05) is 91.0 Å². The molecule has 1 aliphatic rings. The fraction of sp³-hybridized carbons (Fsp3) is 0.282. The van der Waals surface area contributed by atoms with Crippen molar-refractivity contribution >= 4 is 23.7 Å². The molecule has 0 aliphatic carbocycles. The summed E-state index contributed by atoms with van der Waals surface area (Å²) in [6, 6.07) is 33.2. The Morgan fingerprint density at radius 1 is 0.653 bits per heavy atom. The predicted molar refractivity (Wildman–Crippen MR) is 181 cm³/mol. The van der Waals surface area contributed by atoms with Crippen molar-refractivity contribution in [3.8, 4) is 0 Å². The minimum atomic E-state index is -1.32. The number of benzene rings is 4. The molecule has 10 nitrogen and oxygen atoms in total. The molecule has 49 heavy (non-hydrogen) atoms. The third kappa shape index (κ3) is 7.46. The van der Waals surface area contributed by atoms with Crippen LogP contribution in [0.5, 0.6) is 0 Å². The van der Waals surface area contributed by atoms with Crippen LogP contribution in [0.3, 0.4) is 0 Å². The van der Waals surface area contributed by atoms with Crippen LogP contribution < -0.4 is 5.32 Å². The standard InChI is InChI=1S/C39H40N2O8/c1-46-34(47-2)24-23-32(38(45)48-3)40-35(42)33(41-36(43)30-21-13-14-22-31(30)37(41)44)25-26-49-39(27-15-7-4-8-16-27,28-17-9-5-10-18-28)29-19-11-6-12-20-29/h4-22,32-34H,23-26H2,1-3H3,(H,40,42). The summed E-state index contributed by atoms with van der Waals surface area (Å²) in [5.74, 6) is -2.60. The summed E-state index contributed by atoms with van der Waals surface area (Å²) in [6.45, 7) is -0.0531. The third-order valence-corrected chi connectivity index (χ3v) is 8.71. The summed E-state index contributed by atoms with van der Waals surface area (Å²) in [5.41, 5.74) is 1.86. The predicted octanol–water partition coefficient (Wildman–Crippen LogP) is 5.11. The SMILES string of the molecule is COC(=O)C(CCC(OC)OC)NC(=O)C(CCOC(c1ccccc1)(c1ccccc1)c1ccccc1)N1C(=O)c2ccccc2C1=O. The summed E-state index contributed by atoms with van der Waals surface area (Å²) in [6.07, 6.45) is -0.304. The average molecular weight is 665 g/mol. The smallest absolute Gasteiger partial charge is 0.328 e. The minimum absolute atomic E-state index is 0.0531. The summed E-state index contributed by atoms with van der Waals surface area (Å²) >= 11 is 0. The molecule has 0 spiro atoms. The van der Waals surface area contributed by atoms with Crippen LogP contribution in [0, 0.1) is 0 Å². The Balaban J connectivity index is 1.50. The molecule has 4 aromatic rings. The lowest BCUT2D eigenvalue weighted by Gasteiger charge is -2.37. The summed E-state index contributed by atoms with van der Waals surface area (Å²) in [7, 11) is 4.16.